The molecule has 0 spiro atoms. The number of hydrogen-bond donors (Lipinski definition) is 2. The number of rotatable bonds is 6. The van der Waals surface area contributed by atoms with Crippen molar-refractivity contribution in [2.75, 3.05) is 10.6 Å². The Morgan fingerprint density at radius 2 is 2.00 bits per heavy atom. The van der Waals surface area contributed by atoms with Gasteiger partial charge in [0, 0.05) is 17.1 Å². The lowest BCUT2D eigenvalue weighted by Crippen LogP contribution is -2.12. The fourth-order valence-corrected chi connectivity index (χ4v) is 3.90. The highest BCUT2D eigenvalue weighted by Gasteiger charge is 2.13. The van der Waals surface area contributed by atoms with Crippen LogP contribution in [-0.2, 0) is 6.42 Å². The highest BCUT2D eigenvalue weighted by Crippen LogP contribution is 2.28. The first-order valence-corrected chi connectivity index (χ1v) is 10.3. The lowest BCUT2D eigenvalue weighted by Gasteiger charge is -2.09. The number of amides is 1. The summed E-state index contributed by atoms with van der Waals surface area (Å²) < 4.78 is 0. The van der Waals surface area contributed by atoms with Crippen LogP contribution in [0.2, 0.25) is 5.02 Å². The van der Waals surface area contributed by atoms with Gasteiger partial charge in [-0.1, -0.05) is 37.6 Å². The van der Waals surface area contributed by atoms with Crippen molar-refractivity contribution in [1.29, 1.82) is 0 Å². The number of aromatic nitrogens is 2. The summed E-state index contributed by atoms with van der Waals surface area (Å²) >= 11 is 7.65. The standard InChI is InChI=1S/C21H23ClN4OS/c1-12(2)8-16-10-18(24-14(4)23-16)25-19-9-15(11-28-19)21(27)26-20-13(3)6-5-7-17(20)22/h5-7,9-12H,8H2,1-4H3,(H,26,27)(H,23,24,25). The zero-order valence-corrected chi connectivity index (χ0v) is 17.9. The summed E-state index contributed by atoms with van der Waals surface area (Å²) in [4.78, 5) is 21.5. The van der Waals surface area contributed by atoms with E-state index < -0.39 is 0 Å². The Kier molecular flexibility index (Phi) is 6.31. The maximum absolute atomic E-state index is 12.6. The highest BCUT2D eigenvalue weighted by atomic mass is 35.5. The molecule has 0 saturated carbocycles. The zero-order chi connectivity index (χ0) is 20.3. The van der Waals surface area contributed by atoms with E-state index in [9.17, 15) is 4.79 Å². The summed E-state index contributed by atoms with van der Waals surface area (Å²) in [6.45, 7) is 8.12. The average molecular weight is 415 g/mol. The lowest BCUT2D eigenvalue weighted by molar-refractivity contribution is 0.102. The van der Waals surface area contributed by atoms with Crippen LogP contribution in [0.1, 0.15) is 41.3 Å². The van der Waals surface area contributed by atoms with Crippen molar-refractivity contribution in [1.82, 2.24) is 9.97 Å². The van der Waals surface area contributed by atoms with Gasteiger partial charge in [-0.2, -0.15) is 0 Å². The van der Waals surface area contributed by atoms with Crippen molar-refractivity contribution in [2.24, 2.45) is 5.92 Å². The molecule has 28 heavy (non-hydrogen) atoms. The van der Waals surface area contributed by atoms with Crippen LogP contribution in [0, 0.1) is 19.8 Å². The third-order valence-electron chi connectivity index (χ3n) is 4.08. The summed E-state index contributed by atoms with van der Waals surface area (Å²) in [5, 5.41) is 9.35. The third-order valence-corrected chi connectivity index (χ3v) is 5.24. The number of hydrogen-bond acceptors (Lipinski definition) is 5. The summed E-state index contributed by atoms with van der Waals surface area (Å²) in [6.07, 6.45) is 0.896. The van der Waals surface area contributed by atoms with Gasteiger partial charge in [0.05, 0.1) is 21.3 Å². The number of benzene rings is 1. The van der Waals surface area contributed by atoms with Crippen molar-refractivity contribution in [3.05, 3.63) is 63.4 Å². The SMILES string of the molecule is Cc1nc(CC(C)C)cc(Nc2cc(C(=O)Nc3c(C)cccc3Cl)cs2)n1. The van der Waals surface area contributed by atoms with Crippen molar-refractivity contribution in [2.45, 2.75) is 34.1 Å². The van der Waals surface area contributed by atoms with Gasteiger partial charge < -0.3 is 10.6 Å². The van der Waals surface area contributed by atoms with Gasteiger partial charge in [-0.15, -0.1) is 11.3 Å². The largest absolute Gasteiger partial charge is 0.332 e. The van der Waals surface area contributed by atoms with Gasteiger partial charge in [-0.25, -0.2) is 9.97 Å². The van der Waals surface area contributed by atoms with Crippen LogP contribution in [-0.4, -0.2) is 15.9 Å². The number of para-hydroxylation sites is 1. The van der Waals surface area contributed by atoms with E-state index in [1.54, 1.807) is 6.07 Å². The normalized spacial score (nSPS) is 10.9. The van der Waals surface area contributed by atoms with E-state index in [-0.39, 0.29) is 5.91 Å². The molecule has 0 saturated heterocycles. The molecule has 0 aliphatic heterocycles. The molecule has 0 fully saturated rings. The molecule has 1 aromatic carbocycles. The van der Waals surface area contributed by atoms with Gasteiger partial charge in [-0.05, 0) is 43.9 Å². The number of aryl methyl sites for hydroxylation is 2. The number of nitrogens with zero attached hydrogens (tertiary/aromatic N) is 2. The van der Waals surface area contributed by atoms with Gasteiger partial charge in [0.25, 0.3) is 5.91 Å². The van der Waals surface area contributed by atoms with E-state index in [2.05, 4.69) is 34.4 Å². The Morgan fingerprint density at radius 3 is 2.71 bits per heavy atom. The number of nitrogens with one attached hydrogen (secondary N) is 2. The van der Waals surface area contributed by atoms with Crippen LogP contribution >= 0.6 is 22.9 Å². The van der Waals surface area contributed by atoms with E-state index in [1.807, 2.05) is 43.5 Å². The lowest BCUT2D eigenvalue weighted by atomic mass is 10.1. The Hall–Kier alpha value is -2.44. The average Bonchev–Trinajstić information content (AvgIpc) is 3.05. The zero-order valence-electron chi connectivity index (χ0n) is 16.3. The fraction of sp³-hybridized carbons (Fsp3) is 0.286. The Labute approximate surface area is 174 Å². The predicted molar refractivity (Wildman–Crippen MR) is 117 cm³/mol. The second-order valence-electron chi connectivity index (χ2n) is 7.10. The molecular weight excluding hydrogens is 392 g/mol. The minimum atomic E-state index is -0.195. The molecular formula is C21H23ClN4OS. The maximum Gasteiger partial charge on any atom is 0.256 e. The maximum atomic E-state index is 12.6. The molecule has 2 N–H and O–H groups in total. The van der Waals surface area contributed by atoms with Gasteiger partial charge in [0.15, 0.2) is 0 Å². The summed E-state index contributed by atoms with van der Waals surface area (Å²) in [5.41, 5.74) is 3.14. The first kappa shape index (κ1) is 20.3. The van der Waals surface area contributed by atoms with Crippen LogP contribution in [0.3, 0.4) is 0 Å². The molecule has 3 rings (SSSR count). The Morgan fingerprint density at radius 1 is 1.21 bits per heavy atom. The number of thiophene rings is 1. The van der Waals surface area contributed by atoms with Crippen LogP contribution < -0.4 is 10.6 Å². The van der Waals surface area contributed by atoms with E-state index in [0.29, 0.717) is 22.2 Å². The number of halogens is 1. The monoisotopic (exact) mass is 414 g/mol. The van der Waals surface area contributed by atoms with Crippen LogP contribution in [0.15, 0.2) is 35.7 Å². The topological polar surface area (TPSA) is 66.9 Å². The van der Waals surface area contributed by atoms with Crippen molar-refractivity contribution in [3.63, 3.8) is 0 Å². The van der Waals surface area contributed by atoms with Gasteiger partial charge >= 0.3 is 0 Å². The van der Waals surface area contributed by atoms with Gasteiger partial charge in [0.2, 0.25) is 0 Å². The molecule has 146 valence electrons. The molecule has 1 amide bonds. The minimum absolute atomic E-state index is 0.195. The Bertz CT molecular complexity index is 980. The fourth-order valence-electron chi connectivity index (χ4n) is 2.84. The van der Waals surface area contributed by atoms with E-state index in [4.69, 9.17) is 11.6 Å². The van der Waals surface area contributed by atoms with Crippen LogP contribution in [0.5, 0.6) is 0 Å². The van der Waals surface area contributed by atoms with Crippen LogP contribution in [0.4, 0.5) is 16.5 Å². The predicted octanol–water partition coefficient (Wildman–Crippen LogP) is 6.00. The summed E-state index contributed by atoms with van der Waals surface area (Å²) in [5.74, 6) is 1.79. The van der Waals surface area contributed by atoms with E-state index in [0.717, 1.165) is 34.3 Å². The second kappa shape index (κ2) is 8.71. The smallest absolute Gasteiger partial charge is 0.256 e. The molecule has 0 radical (unpaired) electrons. The first-order chi connectivity index (χ1) is 13.3. The van der Waals surface area contributed by atoms with Gasteiger partial charge in [0.1, 0.15) is 11.6 Å². The molecule has 7 heteroatoms. The molecule has 2 aromatic heterocycles. The third kappa shape index (κ3) is 5.09. The molecule has 0 bridgehead atoms. The van der Waals surface area contributed by atoms with Crippen molar-refractivity contribution < 1.29 is 4.79 Å². The molecule has 0 atom stereocenters. The molecule has 0 unspecified atom stereocenters. The minimum Gasteiger partial charge on any atom is -0.332 e. The number of anilines is 3. The second-order valence-corrected chi connectivity index (χ2v) is 8.42. The molecule has 0 aliphatic rings. The van der Waals surface area contributed by atoms with Crippen molar-refractivity contribution >= 4 is 45.4 Å². The number of carbonyl (C=O) groups is 1. The molecule has 2 heterocycles. The molecule has 0 aliphatic carbocycles. The quantitative estimate of drug-likeness (QED) is 0.518. The number of carbonyl (C=O) groups excluding carboxylic acids is 1. The summed E-state index contributed by atoms with van der Waals surface area (Å²) in [7, 11) is 0. The highest BCUT2D eigenvalue weighted by molar-refractivity contribution is 7.14. The van der Waals surface area contributed by atoms with E-state index in [1.165, 1.54) is 11.3 Å². The molecule has 3 aromatic rings. The van der Waals surface area contributed by atoms with Gasteiger partial charge in [-0.3, -0.25) is 4.79 Å². The van der Waals surface area contributed by atoms with Crippen molar-refractivity contribution in [3.8, 4) is 0 Å². The van der Waals surface area contributed by atoms with E-state index >= 15 is 0 Å². The Balaban J connectivity index is 1.74. The first-order valence-electron chi connectivity index (χ1n) is 9.08. The van der Waals surface area contributed by atoms with Crippen LogP contribution in [0.25, 0.3) is 0 Å². The summed E-state index contributed by atoms with van der Waals surface area (Å²) in [6, 6.07) is 9.30. The molecule has 5 nitrogen and oxygen atoms in total.